The standard InChI is InChI=1S/C18H24N2O/c1-19-11-14-9-10-20(12-14)13-17-16-6-4-3-5-15(16)7-8-18(17)21-2/h3-8,14,19H,9-13H2,1-2H3. The first kappa shape index (κ1) is 14.4. The molecule has 21 heavy (non-hydrogen) atoms. The molecule has 0 bridgehead atoms. The molecule has 0 saturated carbocycles. The normalized spacial score (nSPS) is 19.2. The Bertz CT molecular complexity index is 611. The Hall–Kier alpha value is -1.58. The summed E-state index contributed by atoms with van der Waals surface area (Å²) in [5, 5.41) is 5.90. The van der Waals surface area contributed by atoms with Gasteiger partial charge >= 0.3 is 0 Å². The average Bonchev–Trinajstić information content (AvgIpc) is 2.95. The quantitative estimate of drug-likeness (QED) is 0.913. The molecule has 1 aliphatic heterocycles. The molecular weight excluding hydrogens is 260 g/mol. The maximum Gasteiger partial charge on any atom is 0.123 e. The summed E-state index contributed by atoms with van der Waals surface area (Å²) in [6.07, 6.45) is 1.29. The zero-order valence-corrected chi connectivity index (χ0v) is 12.9. The van der Waals surface area contributed by atoms with Gasteiger partial charge in [-0.3, -0.25) is 4.90 Å². The predicted molar refractivity (Wildman–Crippen MR) is 87.8 cm³/mol. The molecule has 1 saturated heterocycles. The van der Waals surface area contributed by atoms with Crippen LogP contribution < -0.4 is 10.1 Å². The van der Waals surface area contributed by atoms with Crippen LogP contribution >= 0.6 is 0 Å². The summed E-state index contributed by atoms with van der Waals surface area (Å²) in [5.41, 5.74) is 1.32. The molecule has 3 nitrogen and oxygen atoms in total. The molecule has 2 aromatic carbocycles. The summed E-state index contributed by atoms with van der Waals surface area (Å²) in [7, 11) is 3.80. The zero-order valence-electron chi connectivity index (χ0n) is 12.9. The van der Waals surface area contributed by atoms with E-state index in [9.17, 15) is 0 Å². The number of likely N-dealkylation sites (tertiary alicyclic amines) is 1. The molecule has 3 heteroatoms. The van der Waals surface area contributed by atoms with Crippen molar-refractivity contribution in [2.75, 3.05) is 33.8 Å². The first-order valence-electron chi connectivity index (χ1n) is 7.73. The highest BCUT2D eigenvalue weighted by Crippen LogP contribution is 2.30. The van der Waals surface area contributed by atoms with Crippen LogP contribution in [0.3, 0.4) is 0 Å². The fourth-order valence-corrected chi connectivity index (χ4v) is 3.41. The number of fused-ring (bicyclic) bond motifs is 1. The summed E-state index contributed by atoms with van der Waals surface area (Å²) in [6, 6.07) is 12.8. The summed E-state index contributed by atoms with van der Waals surface area (Å²) < 4.78 is 5.60. The monoisotopic (exact) mass is 284 g/mol. The molecule has 3 rings (SSSR count). The van der Waals surface area contributed by atoms with Crippen LogP contribution in [0.5, 0.6) is 5.75 Å². The fraction of sp³-hybridized carbons (Fsp3) is 0.444. The van der Waals surface area contributed by atoms with Gasteiger partial charge in [0.15, 0.2) is 0 Å². The topological polar surface area (TPSA) is 24.5 Å². The van der Waals surface area contributed by atoms with Gasteiger partial charge in [-0.2, -0.15) is 0 Å². The SMILES string of the molecule is CNCC1CCN(Cc2c(OC)ccc3ccccc23)C1. The smallest absolute Gasteiger partial charge is 0.123 e. The van der Waals surface area contributed by atoms with Gasteiger partial charge in [0, 0.05) is 18.7 Å². The zero-order chi connectivity index (χ0) is 14.7. The molecular formula is C18H24N2O. The number of hydrogen-bond acceptors (Lipinski definition) is 3. The highest BCUT2D eigenvalue weighted by Gasteiger charge is 2.23. The second-order valence-corrected chi connectivity index (χ2v) is 5.92. The number of nitrogens with one attached hydrogen (secondary N) is 1. The van der Waals surface area contributed by atoms with Gasteiger partial charge in [0.2, 0.25) is 0 Å². The molecule has 0 spiro atoms. The lowest BCUT2D eigenvalue weighted by atomic mass is 10.0. The van der Waals surface area contributed by atoms with E-state index >= 15 is 0 Å². The lowest BCUT2D eigenvalue weighted by Crippen LogP contribution is -2.24. The third-order valence-corrected chi connectivity index (χ3v) is 4.46. The summed E-state index contributed by atoms with van der Waals surface area (Å²) in [6.45, 7) is 4.44. The second-order valence-electron chi connectivity index (χ2n) is 5.92. The van der Waals surface area contributed by atoms with Crippen LogP contribution in [0, 0.1) is 5.92 Å². The molecule has 0 amide bonds. The van der Waals surface area contributed by atoms with E-state index in [-0.39, 0.29) is 0 Å². The number of ether oxygens (including phenoxy) is 1. The summed E-state index contributed by atoms with van der Waals surface area (Å²) in [5.74, 6) is 1.78. The third-order valence-electron chi connectivity index (χ3n) is 4.46. The Morgan fingerprint density at radius 2 is 2.10 bits per heavy atom. The Morgan fingerprint density at radius 3 is 2.90 bits per heavy atom. The van der Waals surface area contributed by atoms with E-state index in [0.29, 0.717) is 0 Å². The minimum Gasteiger partial charge on any atom is -0.496 e. The average molecular weight is 284 g/mol. The Labute approximate surface area is 126 Å². The van der Waals surface area contributed by atoms with Gasteiger partial charge in [-0.25, -0.2) is 0 Å². The van der Waals surface area contributed by atoms with Crippen LogP contribution in [0.25, 0.3) is 10.8 Å². The van der Waals surface area contributed by atoms with Crippen molar-refractivity contribution in [1.29, 1.82) is 0 Å². The third kappa shape index (κ3) is 3.04. The predicted octanol–water partition coefficient (Wildman–Crippen LogP) is 2.89. The minimum atomic E-state index is 0.774. The van der Waals surface area contributed by atoms with E-state index in [2.05, 4.69) is 46.6 Å². The maximum absolute atomic E-state index is 5.60. The van der Waals surface area contributed by atoms with Gasteiger partial charge in [0.1, 0.15) is 5.75 Å². The molecule has 112 valence electrons. The number of benzene rings is 2. The van der Waals surface area contributed by atoms with Crippen molar-refractivity contribution in [3.8, 4) is 5.75 Å². The van der Waals surface area contributed by atoms with Crippen LogP contribution in [-0.2, 0) is 6.54 Å². The first-order chi connectivity index (χ1) is 10.3. The van der Waals surface area contributed by atoms with Crippen LogP contribution in [-0.4, -0.2) is 38.7 Å². The van der Waals surface area contributed by atoms with Crippen molar-refractivity contribution in [2.45, 2.75) is 13.0 Å². The van der Waals surface area contributed by atoms with E-state index in [1.54, 1.807) is 7.11 Å². The fourth-order valence-electron chi connectivity index (χ4n) is 3.41. The summed E-state index contributed by atoms with van der Waals surface area (Å²) in [4.78, 5) is 2.55. The molecule has 1 heterocycles. The molecule has 1 unspecified atom stereocenters. The summed E-state index contributed by atoms with van der Waals surface area (Å²) >= 11 is 0. The van der Waals surface area contributed by atoms with Gasteiger partial charge < -0.3 is 10.1 Å². The van der Waals surface area contributed by atoms with Gasteiger partial charge in [-0.15, -0.1) is 0 Å². The second kappa shape index (κ2) is 6.46. The van der Waals surface area contributed by atoms with Gasteiger partial charge in [0.25, 0.3) is 0 Å². The lowest BCUT2D eigenvalue weighted by molar-refractivity contribution is 0.308. The van der Waals surface area contributed by atoms with E-state index in [1.165, 1.54) is 35.8 Å². The van der Waals surface area contributed by atoms with Crippen LogP contribution in [0.4, 0.5) is 0 Å². The molecule has 1 fully saturated rings. The molecule has 0 aliphatic carbocycles. The van der Waals surface area contributed by atoms with Crippen molar-refractivity contribution in [2.24, 2.45) is 5.92 Å². The molecule has 1 aliphatic rings. The van der Waals surface area contributed by atoms with Crippen molar-refractivity contribution in [3.05, 3.63) is 42.0 Å². The van der Waals surface area contributed by atoms with E-state index in [0.717, 1.165) is 24.8 Å². The van der Waals surface area contributed by atoms with Crippen LogP contribution in [0.15, 0.2) is 36.4 Å². The largest absolute Gasteiger partial charge is 0.496 e. The highest BCUT2D eigenvalue weighted by atomic mass is 16.5. The van der Waals surface area contributed by atoms with E-state index in [4.69, 9.17) is 4.74 Å². The highest BCUT2D eigenvalue weighted by molar-refractivity contribution is 5.87. The Morgan fingerprint density at radius 1 is 1.24 bits per heavy atom. The van der Waals surface area contributed by atoms with Crippen molar-refractivity contribution in [1.82, 2.24) is 10.2 Å². The molecule has 1 N–H and O–H groups in total. The first-order valence-corrected chi connectivity index (χ1v) is 7.73. The van der Waals surface area contributed by atoms with E-state index in [1.807, 2.05) is 7.05 Å². The molecule has 0 radical (unpaired) electrons. The van der Waals surface area contributed by atoms with Crippen molar-refractivity contribution < 1.29 is 4.74 Å². The lowest BCUT2D eigenvalue weighted by Gasteiger charge is -2.19. The number of rotatable bonds is 5. The van der Waals surface area contributed by atoms with Crippen LogP contribution in [0.2, 0.25) is 0 Å². The Balaban J connectivity index is 1.86. The number of hydrogen-bond donors (Lipinski definition) is 1. The van der Waals surface area contributed by atoms with Gasteiger partial charge in [-0.1, -0.05) is 30.3 Å². The van der Waals surface area contributed by atoms with Crippen LogP contribution in [0.1, 0.15) is 12.0 Å². The molecule has 1 atom stereocenters. The Kier molecular flexibility index (Phi) is 4.42. The van der Waals surface area contributed by atoms with Crippen molar-refractivity contribution >= 4 is 10.8 Å². The van der Waals surface area contributed by atoms with Crippen molar-refractivity contribution in [3.63, 3.8) is 0 Å². The van der Waals surface area contributed by atoms with Gasteiger partial charge in [-0.05, 0) is 49.3 Å². The maximum atomic E-state index is 5.60. The molecule has 2 aromatic rings. The number of nitrogens with zero attached hydrogens (tertiary/aromatic N) is 1. The van der Waals surface area contributed by atoms with Gasteiger partial charge in [0.05, 0.1) is 7.11 Å². The minimum absolute atomic E-state index is 0.774. The van der Waals surface area contributed by atoms with E-state index < -0.39 is 0 Å². The number of methoxy groups -OCH3 is 1. The molecule has 0 aromatic heterocycles.